The summed E-state index contributed by atoms with van der Waals surface area (Å²) in [4.78, 5) is 0. The van der Waals surface area contributed by atoms with E-state index in [4.69, 9.17) is 0 Å². The van der Waals surface area contributed by atoms with Crippen LogP contribution in [0, 0.1) is 12.7 Å². The van der Waals surface area contributed by atoms with E-state index < -0.39 is 6.10 Å². The monoisotopic (exact) mass is 372 g/mol. The lowest BCUT2D eigenvalue weighted by Crippen LogP contribution is -2.03. The van der Waals surface area contributed by atoms with E-state index in [0.29, 0.717) is 11.1 Å². The molecule has 0 bridgehead atoms. The van der Waals surface area contributed by atoms with Gasteiger partial charge in [0.15, 0.2) is 0 Å². The molecule has 1 nitrogen and oxygen atoms in total. The fraction of sp³-hybridized carbons (Fsp3) is 0.143. The van der Waals surface area contributed by atoms with Gasteiger partial charge >= 0.3 is 0 Å². The normalized spacial score (nSPS) is 12.5. The Labute approximate surface area is 122 Å². The van der Waals surface area contributed by atoms with Crippen molar-refractivity contribution in [3.63, 3.8) is 0 Å². The maximum Gasteiger partial charge on any atom is 0.123 e. The fourth-order valence-corrected chi connectivity index (χ4v) is 2.64. The minimum Gasteiger partial charge on any atom is -0.384 e. The van der Waals surface area contributed by atoms with E-state index in [2.05, 4.69) is 31.9 Å². The van der Waals surface area contributed by atoms with Crippen molar-refractivity contribution in [3.05, 3.63) is 67.9 Å². The van der Waals surface area contributed by atoms with Gasteiger partial charge in [0.2, 0.25) is 0 Å². The second-order valence-electron chi connectivity index (χ2n) is 4.07. The van der Waals surface area contributed by atoms with Gasteiger partial charge in [0.25, 0.3) is 0 Å². The first kappa shape index (κ1) is 13.7. The van der Waals surface area contributed by atoms with Crippen molar-refractivity contribution in [1.29, 1.82) is 0 Å². The number of aliphatic hydroxyl groups is 1. The zero-order chi connectivity index (χ0) is 13.3. The Morgan fingerprint density at radius 1 is 1.06 bits per heavy atom. The first-order valence-corrected chi connectivity index (χ1v) is 6.96. The second-order valence-corrected chi connectivity index (χ2v) is 5.84. The lowest BCUT2D eigenvalue weighted by molar-refractivity contribution is 0.218. The van der Waals surface area contributed by atoms with Crippen molar-refractivity contribution in [2.45, 2.75) is 13.0 Å². The third-order valence-corrected chi connectivity index (χ3v) is 4.00. The van der Waals surface area contributed by atoms with Gasteiger partial charge in [-0.3, -0.25) is 0 Å². The van der Waals surface area contributed by atoms with Crippen LogP contribution in [0.2, 0.25) is 0 Å². The van der Waals surface area contributed by atoms with E-state index in [1.165, 1.54) is 12.1 Å². The fourth-order valence-electron chi connectivity index (χ4n) is 1.80. The molecule has 0 amide bonds. The molecule has 0 saturated carbocycles. The molecule has 0 aliphatic rings. The van der Waals surface area contributed by atoms with Crippen LogP contribution >= 0.6 is 31.9 Å². The summed E-state index contributed by atoms with van der Waals surface area (Å²) < 4.78 is 14.9. The van der Waals surface area contributed by atoms with Crippen molar-refractivity contribution < 1.29 is 9.50 Å². The Morgan fingerprint density at radius 2 is 1.78 bits per heavy atom. The Bertz CT molecular complexity index is 533. The summed E-state index contributed by atoms with van der Waals surface area (Å²) in [5.41, 5.74) is 2.14. The van der Waals surface area contributed by atoms with E-state index in [9.17, 15) is 9.50 Å². The lowest BCUT2D eigenvalue weighted by atomic mass is 9.97. The van der Waals surface area contributed by atoms with Gasteiger partial charge in [-0.05, 0) is 48.4 Å². The molecule has 1 atom stereocenters. The van der Waals surface area contributed by atoms with Crippen molar-refractivity contribution in [1.82, 2.24) is 0 Å². The van der Waals surface area contributed by atoms with E-state index in [0.717, 1.165) is 14.5 Å². The number of benzene rings is 2. The molecule has 0 aromatic heterocycles. The number of rotatable bonds is 2. The highest BCUT2D eigenvalue weighted by Crippen LogP contribution is 2.32. The predicted octanol–water partition coefficient (Wildman–Crippen LogP) is 4.74. The summed E-state index contributed by atoms with van der Waals surface area (Å²) in [6, 6.07) is 9.96. The molecule has 0 heterocycles. The number of halogens is 3. The third kappa shape index (κ3) is 2.82. The van der Waals surface area contributed by atoms with Crippen molar-refractivity contribution in [3.8, 4) is 0 Å². The number of hydrogen-bond acceptors (Lipinski definition) is 1. The zero-order valence-electron chi connectivity index (χ0n) is 9.62. The number of aryl methyl sites for hydroxylation is 1. The van der Waals surface area contributed by atoms with Crippen LogP contribution in [0.4, 0.5) is 4.39 Å². The van der Waals surface area contributed by atoms with Crippen LogP contribution in [-0.2, 0) is 0 Å². The molecule has 1 N–H and O–H groups in total. The van der Waals surface area contributed by atoms with Gasteiger partial charge in [-0.25, -0.2) is 4.39 Å². The molecule has 0 saturated heterocycles. The van der Waals surface area contributed by atoms with Gasteiger partial charge in [-0.15, -0.1) is 0 Å². The molecular formula is C14H11Br2FO. The molecule has 1 unspecified atom stereocenters. The van der Waals surface area contributed by atoms with E-state index >= 15 is 0 Å². The molecule has 2 rings (SSSR count). The van der Waals surface area contributed by atoms with Gasteiger partial charge in [-0.2, -0.15) is 0 Å². The maximum atomic E-state index is 13.3. The number of aliphatic hydroxyl groups excluding tert-OH is 1. The Kier molecular flexibility index (Phi) is 4.20. The van der Waals surface area contributed by atoms with Crippen LogP contribution in [0.15, 0.2) is 45.3 Å². The lowest BCUT2D eigenvalue weighted by Gasteiger charge is -2.16. The molecule has 2 aromatic carbocycles. The highest BCUT2D eigenvalue weighted by Gasteiger charge is 2.16. The largest absolute Gasteiger partial charge is 0.384 e. The van der Waals surface area contributed by atoms with Gasteiger partial charge in [0.1, 0.15) is 11.9 Å². The first-order valence-electron chi connectivity index (χ1n) is 5.38. The smallest absolute Gasteiger partial charge is 0.123 e. The Hall–Kier alpha value is -0.710. The van der Waals surface area contributed by atoms with Crippen LogP contribution in [0.3, 0.4) is 0 Å². The molecule has 0 aliphatic heterocycles. The van der Waals surface area contributed by atoms with Crippen molar-refractivity contribution >= 4 is 31.9 Å². The summed E-state index contributed by atoms with van der Waals surface area (Å²) in [7, 11) is 0. The summed E-state index contributed by atoms with van der Waals surface area (Å²) in [5.74, 6) is -0.347. The third-order valence-electron chi connectivity index (χ3n) is 2.79. The van der Waals surface area contributed by atoms with Crippen LogP contribution in [0.25, 0.3) is 0 Å². The van der Waals surface area contributed by atoms with Crippen LogP contribution in [0.1, 0.15) is 22.8 Å². The minimum atomic E-state index is -0.854. The summed E-state index contributed by atoms with van der Waals surface area (Å²) in [6.45, 7) is 1.85. The van der Waals surface area contributed by atoms with E-state index in [1.54, 1.807) is 6.07 Å². The molecule has 2 aromatic rings. The topological polar surface area (TPSA) is 20.2 Å². The van der Waals surface area contributed by atoms with Crippen LogP contribution < -0.4 is 0 Å². The van der Waals surface area contributed by atoms with Gasteiger partial charge in [-0.1, -0.05) is 37.9 Å². The zero-order valence-corrected chi connectivity index (χ0v) is 12.8. The highest BCUT2D eigenvalue weighted by atomic mass is 79.9. The van der Waals surface area contributed by atoms with E-state index in [-0.39, 0.29) is 5.82 Å². The molecule has 18 heavy (non-hydrogen) atoms. The standard InChI is InChI=1S/C14H11Br2FO/c1-8-2-4-10(17)7-11(8)14(18)12-6-9(15)3-5-13(12)16/h2-7,14,18H,1H3. The number of hydrogen-bond donors (Lipinski definition) is 1. The predicted molar refractivity (Wildman–Crippen MR) is 77.0 cm³/mol. The second kappa shape index (κ2) is 5.51. The van der Waals surface area contributed by atoms with Crippen molar-refractivity contribution in [2.75, 3.05) is 0 Å². The van der Waals surface area contributed by atoms with Gasteiger partial charge in [0.05, 0.1) is 0 Å². The Morgan fingerprint density at radius 3 is 2.50 bits per heavy atom. The average Bonchev–Trinajstić information content (AvgIpc) is 2.34. The molecule has 0 aliphatic carbocycles. The molecule has 4 heteroatoms. The molecule has 0 fully saturated rings. The SMILES string of the molecule is Cc1ccc(F)cc1C(O)c1cc(Br)ccc1Br. The maximum absolute atomic E-state index is 13.3. The quantitative estimate of drug-likeness (QED) is 0.805. The van der Waals surface area contributed by atoms with Gasteiger partial charge in [0, 0.05) is 14.5 Å². The summed E-state index contributed by atoms with van der Waals surface area (Å²) in [5, 5.41) is 10.4. The van der Waals surface area contributed by atoms with Crippen LogP contribution in [-0.4, -0.2) is 5.11 Å². The summed E-state index contributed by atoms with van der Waals surface area (Å²) >= 11 is 6.76. The highest BCUT2D eigenvalue weighted by molar-refractivity contribution is 9.11. The molecule has 0 spiro atoms. The van der Waals surface area contributed by atoms with E-state index in [1.807, 2.05) is 25.1 Å². The van der Waals surface area contributed by atoms with Crippen molar-refractivity contribution in [2.24, 2.45) is 0 Å². The minimum absolute atomic E-state index is 0.347. The molecule has 0 radical (unpaired) electrons. The average molecular weight is 374 g/mol. The molecular weight excluding hydrogens is 363 g/mol. The van der Waals surface area contributed by atoms with Crippen LogP contribution in [0.5, 0.6) is 0 Å². The van der Waals surface area contributed by atoms with Gasteiger partial charge < -0.3 is 5.11 Å². The Balaban J connectivity index is 2.50. The molecule has 94 valence electrons. The first-order chi connectivity index (χ1) is 8.49. The summed E-state index contributed by atoms with van der Waals surface area (Å²) in [6.07, 6.45) is -0.854.